The molecule has 1 aliphatic heterocycles. The number of hydrogen-bond acceptors (Lipinski definition) is 4. The maximum absolute atomic E-state index is 13.7. The first-order valence-electron chi connectivity index (χ1n) is 7.70. The van der Waals surface area contributed by atoms with E-state index >= 15 is 0 Å². The summed E-state index contributed by atoms with van der Waals surface area (Å²) in [6.07, 6.45) is 0. The van der Waals surface area contributed by atoms with Gasteiger partial charge in [0.2, 0.25) is 0 Å². The third-order valence-corrected chi connectivity index (χ3v) is 3.76. The zero-order valence-corrected chi connectivity index (χ0v) is 13.6. The van der Waals surface area contributed by atoms with Gasteiger partial charge < -0.3 is 20.5 Å². The topological polar surface area (TPSA) is 73.8 Å². The van der Waals surface area contributed by atoms with Crippen LogP contribution in [-0.2, 0) is 4.74 Å². The molecular weight excluding hydrogens is 301 g/mol. The molecule has 1 aromatic carbocycles. The van der Waals surface area contributed by atoms with E-state index in [1.807, 2.05) is 0 Å². The molecule has 0 radical (unpaired) electrons. The molecule has 23 heavy (non-hydrogen) atoms. The summed E-state index contributed by atoms with van der Waals surface area (Å²) in [4.78, 5) is 14.0. The highest BCUT2D eigenvalue weighted by atomic mass is 19.1. The number of rotatable bonds is 5. The molecule has 128 valence electrons. The molecule has 2 rings (SSSR count). The molecule has 6 nitrogen and oxygen atoms in total. The van der Waals surface area contributed by atoms with E-state index in [0.29, 0.717) is 25.3 Å². The summed E-state index contributed by atoms with van der Waals surface area (Å²) in [6, 6.07) is 4.05. The van der Waals surface area contributed by atoms with Gasteiger partial charge in [-0.25, -0.2) is 9.18 Å². The summed E-state index contributed by atoms with van der Waals surface area (Å²) in [7, 11) is 0. The van der Waals surface area contributed by atoms with E-state index < -0.39 is 17.4 Å². The standard InChI is InChI=1S/C16H24FN3O3/c1-12-4-3-5-13(17)14(12)19-15(21)18-10-16(2,22)11-20-6-8-23-9-7-20/h3-5,22H,6-11H2,1-2H3,(H2,18,19,21)/t16-/m0/s1. The number of hydrogen-bond donors (Lipinski definition) is 3. The summed E-state index contributed by atoms with van der Waals surface area (Å²) in [6.45, 7) is 6.71. The lowest BCUT2D eigenvalue weighted by Gasteiger charge is -2.33. The number of carbonyl (C=O) groups is 1. The van der Waals surface area contributed by atoms with Gasteiger partial charge in [-0.15, -0.1) is 0 Å². The van der Waals surface area contributed by atoms with E-state index in [1.165, 1.54) is 6.07 Å². The smallest absolute Gasteiger partial charge is 0.319 e. The second-order valence-electron chi connectivity index (χ2n) is 6.12. The van der Waals surface area contributed by atoms with Gasteiger partial charge in [0.05, 0.1) is 24.5 Å². The number of para-hydroxylation sites is 1. The first-order valence-corrected chi connectivity index (χ1v) is 7.70. The fourth-order valence-electron chi connectivity index (χ4n) is 2.52. The van der Waals surface area contributed by atoms with Gasteiger partial charge in [-0.1, -0.05) is 12.1 Å². The number of amides is 2. The Morgan fingerprint density at radius 2 is 2.13 bits per heavy atom. The third kappa shape index (κ3) is 5.46. The second kappa shape index (κ2) is 7.72. The van der Waals surface area contributed by atoms with Gasteiger partial charge in [0, 0.05) is 26.2 Å². The Hall–Kier alpha value is -1.70. The van der Waals surface area contributed by atoms with Crippen molar-refractivity contribution in [2.75, 3.05) is 44.7 Å². The lowest BCUT2D eigenvalue weighted by Crippen LogP contribution is -2.51. The van der Waals surface area contributed by atoms with Crippen LogP contribution < -0.4 is 10.6 Å². The number of anilines is 1. The number of nitrogens with one attached hydrogen (secondary N) is 2. The monoisotopic (exact) mass is 325 g/mol. The molecule has 1 saturated heterocycles. The number of halogens is 1. The Morgan fingerprint density at radius 3 is 2.78 bits per heavy atom. The van der Waals surface area contributed by atoms with Crippen molar-refractivity contribution in [1.29, 1.82) is 0 Å². The van der Waals surface area contributed by atoms with Crippen molar-refractivity contribution < 1.29 is 19.0 Å². The maximum Gasteiger partial charge on any atom is 0.319 e. The van der Waals surface area contributed by atoms with Crippen LogP contribution in [0.4, 0.5) is 14.9 Å². The highest BCUT2D eigenvalue weighted by molar-refractivity contribution is 5.90. The van der Waals surface area contributed by atoms with Crippen molar-refractivity contribution in [2.45, 2.75) is 19.4 Å². The predicted octanol–water partition coefficient (Wildman–Crippen LogP) is 1.34. The Morgan fingerprint density at radius 1 is 1.43 bits per heavy atom. The maximum atomic E-state index is 13.7. The van der Waals surface area contributed by atoms with Crippen LogP contribution in [0.25, 0.3) is 0 Å². The SMILES string of the molecule is Cc1cccc(F)c1NC(=O)NC[C@](C)(O)CN1CCOCC1. The van der Waals surface area contributed by atoms with Crippen LogP contribution in [0.3, 0.4) is 0 Å². The van der Waals surface area contributed by atoms with E-state index in [4.69, 9.17) is 4.74 Å². The Bertz CT molecular complexity index is 525. The minimum Gasteiger partial charge on any atom is -0.387 e. The summed E-state index contributed by atoms with van der Waals surface area (Å²) < 4.78 is 18.9. The Kier molecular flexibility index (Phi) is 5.92. The molecule has 1 atom stereocenters. The summed E-state index contributed by atoms with van der Waals surface area (Å²) in [5.74, 6) is -0.486. The van der Waals surface area contributed by atoms with E-state index in [0.717, 1.165) is 13.1 Å². The highest BCUT2D eigenvalue weighted by Crippen LogP contribution is 2.18. The van der Waals surface area contributed by atoms with E-state index in [1.54, 1.807) is 26.0 Å². The van der Waals surface area contributed by atoms with Gasteiger partial charge in [-0.3, -0.25) is 4.90 Å². The average molecular weight is 325 g/mol. The second-order valence-corrected chi connectivity index (χ2v) is 6.12. The molecular formula is C16H24FN3O3. The van der Waals surface area contributed by atoms with Crippen molar-refractivity contribution in [2.24, 2.45) is 0 Å². The van der Waals surface area contributed by atoms with Crippen LogP contribution in [0.15, 0.2) is 18.2 Å². The minimum atomic E-state index is -1.07. The van der Waals surface area contributed by atoms with Crippen LogP contribution in [-0.4, -0.2) is 61.0 Å². The molecule has 0 aliphatic carbocycles. The average Bonchev–Trinajstić information content (AvgIpc) is 2.50. The van der Waals surface area contributed by atoms with Crippen LogP contribution in [0.2, 0.25) is 0 Å². The Balaban J connectivity index is 1.83. The molecule has 3 N–H and O–H groups in total. The number of urea groups is 1. The first-order chi connectivity index (χ1) is 10.9. The number of aryl methyl sites for hydroxylation is 1. The number of ether oxygens (including phenoxy) is 1. The molecule has 0 bridgehead atoms. The molecule has 2 amide bonds. The summed E-state index contributed by atoms with van der Waals surface area (Å²) >= 11 is 0. The molecule has 0 unspecified atom stereocenters. The number of benzene rings is 1. The largest absolute Gasteiger partial charge is 0.387 e. The Labute approximate surface area is 135 Å². The number of nitrogens with zero attached hydrogens (tertiary/aromatic N) is 1. The third-order valence-electron chi connectivity index (χ3n) is 3.76. The fourth-order valence-corrected chi connectivity index (χ4v) is 2.52. The highest BCUT2D eigenvalue weighted by Gasteiger charge is 2.26. The lowest BCUT2D eigenvalue weighted by atomic mass is 10.1. The van der Waals surface area contributed by atoms with Crippen LogP contribution in [0.1, 0.15) is 12.5 Å². The van der Waals surface area contributed by atoms with Gasteiger partial charge in [0.25, 0.3) is 0 Å². The van der Waals surface area contributed by atoms with Gasteiger partial charge in [0.15, 0.2) is 0 Å². The van der Waals surface area contributed by atoms with Crippen LogP contribution in [0.5, 0.6) is 0 Å². The zero-order chi connectivity index (χ0) is 16.9. The summed E-state index contributed by atoms with van der Waals surface area (Å²) in [5.41, 5.74) is -0.281. The lowest BCUT2D eigenvalue weighted by molar-refractivity contribution is -0.0205. The molecule has 1 fully saturated rings. The zero-order valence-electron chi connectivity index (χ0n) is 13.6. The number of morpholine rings is 1. The normalized spacial score (nSPS) is 18.3. The van der Waals surface area contributed by atoms with Gasteiger partial charge in [0.1, 0.15) is 5.82 Å². The molecule has 0 aromatic heterocycles. The van der Waals surface area contributed by atoms with Gasteiger partial charge in [-0.05, 0) is 25.5 Å². The van der Waals surface area contributed by atoms with Crippen molar-refractivity contribution in [1.82, 2.24) is 10.2 Å². The predicted molar refractivity (Wildman–Crippen MR) is 86.0 cm³/mol. The number of aliphatic hydroxyl groups is 1. The van der Waals surface area contributed by atoms with Crippen molar-refractivity contribution in [3.8, 4) is 0 Å². The minimum absolute atomic E-state index is 0.0731. The van der Waals surface area contributed by atoms with E-state index in [-0.39, 0.29) is 12.2 Å². The number of carbonyl (C=O) groups excluding carboxylic acids is 1. The molecule has 0 spiro atoms. The summed E-state index contributed by atoms with van der Waals surface area (Å²) in [5, 5.41) is 15.5. The van der Waals surface area contributed by atoms with E-state index in [2.05, 4.69) is 15.5 Å². The van der Waals surface area contributed by atoms with Crippen molar-refractivity contribution in [3.63, 3.8) is 0 Å². The molecule has 1 aromatic rings. The molecule has 7 heteroatoms. The van der Waals surface area contributed by atoms with Gasteiger partial charge >= 0.3 is 6.03 Å². The van der Waals surface area contributed by atoms with Crippen LogP contribution >= 0.6 is 0 Å². The first kappa shape index (κ1) is 17.7. The molecule has 0 saturated carbocycles. The fraction of sp³-hybridized carbons (Fsp3) is 0.562. The van der Waals surface area contributed by atoms with Gasteiger partial charge in [-0.2, -0.15) is 0 Å². The van der Waals surface area contributed by atoms with Crippen molar-refractivity contribution in [3.05, 3.63) is 29.6 Å². The number of β-amino-alcohol motifs (C(OH)–C–C–N with tert-alkyl or cyclic N) is 1. The van der Waals surface area contributed by atoms with E-state index in [9.17, 15) is 14.3 Å². The quantitative estimate of drug-likeness (QED) is 0.764. The molecule has 1 aliphatic rings. The van der Waals surface area contributed by atoms with Crippen molar-refractivity contribution >= 4 is 11.7 Å². The molecule has 1 heterocycles. The van der Waals surface area contributed by atoms with Crippen LogP contribution in [0, 0.1) is 12.7 Å².